The van der Waals surface area contributed by atoms with Gasteiger partial charge in [0.25, 0.3) is 0 Å². The van der Waals surface area contributed by atoms with E-state index in [2.05, 4.69) is 45.5 Å². The average Bonchev–Trinajstić information content (AvgIpc) is 3.42. The Morgan fingerprint density at radius 3 is 2.62 bits per heavy atom. The summed E-state index contributed by atoms with van der Waals surface area (Å²) in [6, 6.07) is 14.4. The quantitative estimate of drug-likeness (QED) is 0.732. The minimum Gasteiger partial charge on any atom is -0.454 e. The molecule has 2 fully saturated rings. The van der Waals surface area contributed by atoms with Crippen molar-refractivity contribution in [3.05, 3.63) is 58.1 Å². The van der Waals surface area contributed by atoms with Gasteiger partial charge in [0.15, 0.2) is 11.5 Å². The maximum atomic E-state index is 12.9. The van der Waals surface area contributed by atoms with Crippen molar-refractivity contribution in [2.24, 2.45) is 5.92 Å². The van der Waals surface area contributed by atoms with Crippen LogP contribution in [0, 0.1) is 5.92 Å². The van der Waals surface area contributed by atoms with Gasteiger partial charge in [-0.1, -0.05) is 34.1 Å². The molecular formula is C23H24BrNO4. The van der Waals surface area contributed by atoms with Gasteiger partial charge in [-0.25, -0.2) is 0 Å². The van der Waals surface area contributed by atoms with Crippen LogP contribution in [0.5, 0.6) is 11.5 Å². The van der Waals surface area contributed by atoms with Crippen molar-refractivity contribution in [3.63, 3.8) is 0 Å². The molecule has 0 spiro atoms. The Bertz CT molecular complexity index is 908. The van der Waals surface area contributed by atoms with Gasteiger partial charge in [0.2, 0.25) is 12.7 Å². The van der Waals surface area contributed by atoms with Crippen molar-refractivity contribution in [2.75, 3.05) is 26.6 Å². The number of hydrogen-bond donors (Lipinski definition) is 1. The van der Waals surface area contributed by atoms with Crippen molar-refractivity contribution in [1.29, 1.82) is 0 Å². The van der Waals surface area contributed by atoms with Crippen LogP contribution in [-0.2, 0) is 14.9 Å². The zero-order valence-corrected chi connectivity index (χ0v) is 17.7. The van der Waals surface area contributed by atoms with Crippen LogP contribution in [0.1, 0.15) is 36.3 Å². The average molecular weight is 458 g/mol. The van der Waals surface area contributed by atoms with Gasteiger partial charge >= 0.3 is 0 Å². The van der Waals surface area contributed by atoms with Gasteiger partial charge in [-0.05, 0) is 60.6 Å². The molecule has 1 saturated heterocycles. The second kappa shape index (κ2) is 7.65. The second-order valence-electron chi connectivity index (χ2n) is 8.18. The van der Waals surface area contributed by atoms with E-state index in [4.69, 9.17) is 14.2 Å². The number of benzene rings is 2. The van der Waals surface area contributed by atoms with E-state index >= 15 is 0 Å². The van der Waals surface area contributed by atoms with Gasteiger partial charge in [-0.3, -0.25) is 4.79 Å². The highest BCUT2D eigenvalue weighted by Crippen LogP contribution is 2.48. The molecule has 2 heterocycles. The fraction of sp³-hybridized carbons (Fsp3) is 0.435. The number of amides is 1. The second-order valence-corrected chi connectivity index (χ2v) is 9.09. The van der Waals surface area contributed by atoms with E-state index in [9.17, 15) is 4.79 Å². The van der Waals surface area contributed by atoms with Gasteiger partial charge in [-0.2, -0.15) is 0 Å². The molecule has 0 bridgehead atoms. The number of carbonyl (C=O) groups excluding carboxylic acids is 1. The smallest absolute Gasteiger partial charge is 0.231 e. The molecule has 2 aromatic rings. The van der Waals surface area contributed by atoms with Crippen molar-refractivity contribution < 1.29 is 19.0 Å². The zero-order chi connectivity index (χ0) is 19.8. The van der Waals surface area contributed by atoms with E-state index in [0.717, 1.165) is 35.2 Å². The minimum atomic E-state index is -0.128. The summed E-state index contributed by atoms with van der Waals surface area (Å²) in [5, 5.41) is 3.26. The largest absolute Gasteiger partial charge is 0.454 e. The van der Waals surface area contributed by atoms with Gasteiger partial charge in [0.05, 0.1) is 0 Å². The number of nitrogens with one attached hydrogen (secondary N) is 1. The molecule has 5 rings (SSSR count). The summed E-state index contributed by atoms with van der Waals surface area (Å²) in [4.78, 5) is 12.9. The lowest BCUT2D eigenvalue weighted by atomic mass is 9.74. The third-order valence-corrected chi connectivity index (χ3v) is 6.99. The summed E-state index contributed by atoms with van der Waals surface area (Å²) in [6.07, 6.45) is 2.69. The molecule has 5 nitrogen and oxygen atoms in total. The molecule has 1 saturated carbocycles. The normalized spacial score (nSPS) is 24.2. The van der Waals surface area contributed by atoms with Crippen LogP contribution in [-0.4, -0.2) is 32.5 Å². The van der Waals surface area contributed by atoms with E-state index in [1.54, 1.807) is 0 Å². The molecule has 2 aromatic carbocycles. The third-order valence-electron chi connectivity index (χ3n) is 6.46. The van der Waals surface area contributed by atoms with E-state index < -0.39 is 0 Å². The Morgan fingerprint density at radius 2 is 1.83 bits per heavy atom. The summed E-state index contributed by atoms with van der Waals surface area (Å²) < 4.78 is 17.7. The summed E-state index contributed by atoms with van der Waals surface area (Å²) >= 11 is 3.47. The van der Waals surface area contributed by atoms with Crippen molar-refractivity contribution in [2.45, 2.75) is 30.6 Å². The molecule has 3 aliphatic rings. The monoisotopic (exact) mass is 457 g/mol. The number of halogens is 1. The summed E-state index contributed by atoms with van der Waals surface area (Å²) in [5.74, 6) is 2.14. The molecule has 0 radical (unpaired) electrons. The number of hydrogen-bond acceptors (Lipinski definition) is 4. The van der Waals surface area contributed by atoms with E-state index in [1.165, 1.54) is 11.1 Å². The van der Waals surface area contributed by atoms with Gasteiger partial charge < -0.3 is 19.5 Å². The van der Waals surface area contributed by atoms with Crippen molar-refractivity contribution in [3.8, 4) is 11.5 Å². The van der Waals surface area contributed by atoms with E-state index in [1.807, 2.05) is 18.2 Å². The molecule has 152 valence electrons. The SMILES string of the molecule is O=C(NCC1(c2ccc3c(c2)OCO3)CCOCC1)[C@H]1C[C@@H]1c1ccc(Br)cc1. The molecule has 1 aliphatic carbocycles. The van der Waals surface area contributed by atoms with Gasteiger partial charge in [-0.15, -0.1) is 0 Å². The fourth-order valence-corrected chi connectivity index (χ4v) is 4.77. The van der Waals surface area contributed by atoms with Crippen LogP contribution in [0.3, 0.4) is 0 Å². The van der Waals surface area contributed by atoms with Gasteiger partial charge in [0, 0.05) is 35.6 Å². The lowest BCUT2D eigenvalue weighted by Gasteiger charge is -2.38. The first kappa shape index (κ1) is 18.9. The fourth-order valence-electron chi connectivity index (χ4n) is 4.51. The van der Waals surface area contributed by atoms with Crippen LogP contribution >= 0.6 is 15.9 Å². The Labute approximate surface area is 178 Å². The molecule has 1 amide bonds. The Hall–Kier alpha value is -2.05. The summed E-state index contributed by atoms with van der Waals surface area (Å²) in [5.41, 5.74) is 2.30. The number of ether oxygens (including phenoxy) is 3. The maximum absolute atomic E-state index is 12.9. The Balaban J connectivity index is 1.28. The predicted molar refractivity (Wildman–Crippen MR) is 112 cm³/mol. The zero-order valence-electron chi connectivity index (χ0n) is 16.2. The van der Waals surface area contributed by atoms with E-state index in [0.29, 0.717) is 25.7 Å². The Morgan fingerprint density at radius 1 is 1.07 bits per heavy atom. The van der Waals surface area contributed by atoms with Crippen LogP contribution in [0.2, 0.25) is 0 Å². The van der Waals surface area contributed by atoms with Crippen LogP contribution < -0.4 is 14.8 Å². The van der Waals surface area contributed by atoms with Crippen LogP contribution in [0.4, 0.5) is 0 Å². The first-order valence-electron chi connectivity index (χ1n) is 10.2. The highest BCUT2D eigenvalue weighted by molar-refractivity contribution is 9.10. The molecular weight excluding hydrogens is 434 g/mol. The Kier molecular flexibility index (Phi) is 5.00. The summed E-state index contributed by atoms with van der Waals surface area (Å²) in [6.45, 7) is 2.30. The molecule has 0 unspecified atom stereocenters. The number of rotatable bonds is 5. The van der Waals surface area contributed by atoms with Crippen molar-refractivity contribution in [1.82, 2.24) is 5.32 Å². The molecule has 2 atom stereocenters. The lowest BCUT2D eigenvalue weighted by Crippen LogP contribution is -2.45. The van der Waals surface area contributed by atoms with Gasteiger partial charge in [0.1, 0.15) is 0 Å². The highest BCUT2D eigenvalue weighted by atomic mass is 79.9. The highest BCUT2D eigenvalue weighted by Gasteiger charge is 2.45. The third kappa shape index (κ3) is 3.76. The number of fused-ring (bicyclic) bond motifs is 1. The minimum absolute atomic E-state index is 0.0739. The predicted octanol–water partition coefficient (Wildman–Crippen LogP) is 4.15. The molecule has 0 aromatic heterocycles. The maximum Gasteiger partial charge on any atom is 0.231 e. The number of carbonyl (C=O) groups is 1. The molecule has 29 heavy (non-hydrogen) atoms. The van der Waals surface area contributed by atoms with Crippen LogP contribution in [0.15, 0.2) is 46.9 Å². The first-order valence-corrected chi connectivity index (χ1v) is 10.9. The standard InChI is InChI=1S/C23H24BrNO4/c24-17-4-1-15(2-5-17)18-12-19(18)22(26)25-13-23(7-9-27-10-8-23)16-3-6-20-21(11-16)29-14-28-20/h1-6,11,18-19H,7-10,12-14H2,(H,25,26)/t18-,19+/m1/s1. The first-order chi connectivity index (χ1) is 14.1. The van der Waals surface area contributed by atoms with Crippen LogP contribution in [0.25, 0.3) is 0 Å². The van der Waals surface area contributed by atoms with E-state index in [-0.39, 0.29) is 24.0 Å². The topological polar surface area (TPSA) is 56.8 Å². The molecule has 2 aliphatic heterocycles. The lowest BCUT2D eigenvalue weighted by molar-refractivity contribution is -0.122. The molecule has 6 heteroatoms. The summed E-state index contributed by atoms with van der Waals surface area (Å²) in [7, 11) is 0. The van der Waals surface area contributed by atoms with Crippen molar-refractivity contribution >= 4 is 21.8 Å². The molecule has 1 N–H and O–H groups in total.